The lowest BCUT2D eigenvalue weighted by atomic mass is 9.84. The van der Waals surface area contributed by atoms with Crippen LogP contribution in [0.3, 0.4) is 0 Å². The monoisotopic (exact) mass is 316 g/mol. The van der Waals surface area contributed by atoms with Gasteiger partial charge in [0.1, 0.15) is 0 Å². The Morgan fingerprint density at radius 3 is 3.00 bits per heavy atom. The molecular weight excluding hydrogens is 288 g/mol. The van der Waals surface area contributed by atoms with Gasteiger partial charge in [-0.15, -0.1) is 0 Å². The number of nitrogens with one attached hydrogen (secondary N) is 2. The average molecular weight is 316 g/mol. The van der Waals surface area contributed by atoms with E-state index in [0.717, 1.165) is 6.42 Å². The molecule has 2 unspecified atom stereocenters. The number of hydrogen-bond acceptors (Lipinski definition) is 2. The second-order valence-corrected chi connectivity index (χ2v) is 7.76. The zero-order valence-corrected chi connectivity index (χ0v) is 14.2. The molecule has 0 radical (unpaired) electrons. The van der Waals surface area contributed by atoms with E-state index in [-0.39, 0.29) is 24.1 Å². The van der Waals surface area contributed by atoms with Gasteiger partial charge in [-0.2, -0.15) is 0 Å². The van der Waals surface area contributed by atoms with E-state index in [1.54, 1.807) is 0 Å². The highest BCUT2D eigenvalue weighted by atomic mass is 16.3. The lowest BCUT2D eigenvalue weighted by Crippen LogP contribution is -2.42. The number of urea groups is 1. The fourth-order valence-corrected chi connectivity index (χ4v) is 4.04. The lowest BCUT2D eigenvalue weighted by molar-refractivity contribution is 0.200. The van der Waals surface area contributed by atoms with Crippen LogP contribution < -0.4 is 10.6 Å². The molecule has 0 bridgehead atoms. The second kappa shape index (κ2) is 6.52. The molecule has 0 saturated carbocycles. The zero-order chi connectivity index (χ0) is 16.4. The first-order valence-corrected chi connectivity index (χ1v) is 8.77. The number of aliphatic hydroxyl groups is 1. The Kier molecular flexibility index (Phi) is 4.62. The summed E-state index contributed by atoms with van der Waals surface area (Å²) in [4.78, 5) is 12.3. The third kappa shape index (κ3) is 3.52. The molecule has 23 heavy (non-hydrogen) atoms. The predicted octanol–water partition coefficient (Wildman–Crippen LogP) is 3.26. The topological polar surface area (TPSA) is 61.4 Å². The van der Waals surface area contributed by atoms with Crippen molar-refractivity contribution in [2.24, 2.45) is 5.41 Å². The van der Waals surface area contributed by atoms with Gasteiger partial charge in [-0.05, 0) is 60.1 Å². The Labute approximate surface area is 138 Å². The summed E-state index contributed by atoms with van der Waals surface area (Å²) in [6, 6.07) is 6.57. The molecule has 2 atom stereocenters. The van der Waals surface area contributed by atoms with Crippen molar-refractivity contribution in [2.75, 3.05) is 13.2 Å². The summed E-state index contributed by atoms with van der Waals surface area (Å²) < 4.78 is 0. The van der Waals surface area contributed by atoms with Crippen molar-refractivity contribution in [3.05, 3.63) is 34.9 Å². The van der Waals surface area contributed by atoms with Gasteiger partial charge in [-0.1, -0.05) is 32.0 Å². The number of aliphatic hydroxyl groups excluding tert-OH is 1. The van der Waals surface area contributed by atoms with Gasteiger partial charge in [0.2, 0.25) is 0 Å². The van der Waals surface area contributed by atoms with E-state index in [4.69, 9.17) is 5.11 Å². The zero-order valence-electron chi connectivity index (χ0n) is 14.2. The highest BCUT2D eigenvalue weighted by molar-refractivity contribution is 5.74. The molecule has 3 rings (SSSR count). The number of rotatable bonds is 5. The van der Waals surface area contributed by atoms with E-state index >= 15 is 0 Å². The first kappa shape index (κ1) is 16.3. The van der Waals surface area contributed by atoms with Gasteiger partial charge in [0.25, 0.3) is 0 Å². The second-order valence-electron chi connectivity index (χ2n) is 7.76. The first-order valence-electron chi connectivity index (χ1n) is 8.77. The maximum atomic E-state index is 12.3. The van der Waals surface area contributed by atoms with Crippen molar-refractivity contribution < 1.29 is 9.90 Å². The molecule has 0 heterocycles. The van der Waals surface area contributed by atoms with Crippen LogP contribution in [0.15, 0.2) is 18.2 Å². The van der Waals surface area contributed by atoms with Crippen LogP contribution >= 0.6 is 0 Å². The summed E-state index contributed by atoms with van der Waals surface area (Å²) in [6.07, 6.45) is 5.39. The van der Waals surface area contributed by atoms with E-state index in [1.807, 2.05) is 0 Å². The van der Waals surface area contributed by atoms with Gasteiger partial charge in [0.05, 0.1) is 6.04 Å². The van der Waals surface area contributed by atoms with Gasteiger partial charge in [0.15, 0.2) is 0 Å². The number of aryl methyl sites for hydroxylation is 1. The standard InChI is InChI=1S/C19H28N2O2/c1-19(2,9-10-22)12-20-18(23)21-16-11-14-7-3-5-13-6-4-8-15(16)17(13)14/h4,6,8,14,16,22H,3,5,7,9-12H2,1-2H3,(H2,20,21,23). The summed E-state index contributed by atoms with van der Waals surface area (Å²) in [5.41, 5.74) is 4.22. The quantitative estimate of drug-likeness (QED) is 0.781. The number of benzene rings is 1. The van der Waals surface area contributed by atoms with Crippen molar-refractivity contribution in [2.45, 2.75) is 57.9 Å². The third-order valence-corrected chi connectivity index (χ3v) is 5.35. The molecule has 1 aromatic rings. The molecule has 4 heteroatoms. The third-order valence-electron chi connectivity index (χ3n) is 5.35. The normalized spacial score (nSPS) is 22.6. The number of carbonyl (C=O) groups excluding carboxylic acids is 1. The van der Waals surface area contributed by atoms with Crippen molar-refractivity contribution in [3.63, 3.8) is 0 Å². The Balaban J connectivity index is 1.62. The van der Waals surface area contributed by atoms with E-state index < -0.39 is 0 Å². The van der Waals surface area contributed by atoms with Gasteiger partial charge >= 0.3 is 6.03 Å². The summed E-state index contributed by atoms with van der Waals surface area (Å²) in [7, 11) is 0. The summed E-state index contributed by atoms with van der Waals surface area (Å²) >= 11 is 0. The van der Waals surface area contributed by atoms with Gasteiger partial charge in [-0.25, -0.2) is 4.79 Å². The van der Waals surface area contributed by atoms with Gasteiger partial charge in [0, 0.05) is 13.2 Å². The molecule has 0 saturated heterocycles. The molecule has 2 aliphatic rings. The Morgan fingerprint density at radius 1 is 1.39 bits per heavy atom. The fraction of sp³-hybridized carbons (Fsp3) is 0.632. The number of hydrogen-bond donors (Lipinski definition) is 3. The maximum Gasteiger partial charge on any atom is 0.315 e. The largest absolute Gasteiger partial charge is 0.396 e. The summed E-state index contributed by atoms with van der Waals surface area (Å²) in [5.74, 6) is 0.617. The summed E-state index contributed by atoms with van der Waals surface area (Å²) in [6.45, 7) is 4.83. The molecule has 4 nitrogen and oxygen atoms in total. The molecule has 3 N–H and O–H groups in total. The molecular formula is C19H28N2O2. The van der Waals surface area contributed by atoms with Crippen molar-refractivity contribution in [3.8, 4) is 0 Å². The smallest absolute Gasteiger partial charge is 0.315 e. The number of amides is 2. The Hall–Kier alpha value is -1.55. The van der Waals surface area contributed by atoms with Gasteiger partial charge < -0.3 is 15.7 Å². The number of carbonyl (C=O) groups is 1. The van der Waals surface area contributed by atoms with E-state index in [9.17, 15) is 4.79 Å². The minimum absolute atomic E-state index is 0.0850. The van der Waals surface area contributed by atoms with Crippen LogP contribution in [-0.4, -0.2) is 24.3 Å². The van der Waals surface area contributed by atoms with Crippen molar-refractivity contribution in [1.82, 2.24) is 10.6 Å². The maximum absolute atomic E-state index is 12.3. The minimum Gasteiger partial charge on any atom is -0.396 e. The van der Waals surface area contributed by atoms with Crippen LogP contribution in [0.2, 0.25) is 0 Å². The van der Waals surface area contributed by atoms with Crippen LogP contribution in [0.5, 0.6) is 0 Å². The first-order chi connectivity index (χ1) is 11.0. The highest BCUT2D eigenvalue weighted by Gasteiger charge is 2.35. The highest BCUT2D eigenvalue weighted by Crippen LogP contribution is 2.47. The van der Waals surface area contributed by atoms with Crippen molar-refractivity contribution in [1.29, 1.82) is 0 Å². The Bertz CT molecular complexity index is 583. The van der Waals surface area contributed by atoms with Crippen LogP contribution in [0.4, 0.5) is 4.79 Å². The molecule has 0 aliphatic heterocycles. The lowest BCUT2D eigenvalue weighted by Gasteiger charge is -2.24. The SMILES string of the molecule is CC(C)(CCO)CNC(=O)NC1CC2CCCc3cccc1c32. The molecule has 1 aromatic carbocycles. The van der Waals surface area contributed by atoms with Crippen molar-refractivity contribution >= 4 is 6.03 Å². The van der Waals surface area contributed by atoms with Crippen LogP contribution in [0, 0.1) is 5.41 Å². The van der Waals surface area contributed by atoms with Crippen LogP contribution in [-0.2, 0) is 6.42 Å². The minimum atomic E-state index is -0.0998. The average Bonchev–Trinajstić information content (AvgIpc) is 2.86. The van der Waals surface area contributed by atoms with Crippen LogP contribution in [0.25, 0.3) is 0 Å². The van der Waals surface area contributed by atoms with E-state index in [2.05, 4.69) is 42.7 Å². The fourth-order valence-electron chi connectivity index (χ4n) is 4.04. The molecule has 2 aliphatic carbocycles. The Morgan fingerprint density at radius 2 is 2.22 bits per heavy atom. The predicted molar refractivity (Wildman–Crippen MR) is 91.5 cm³/mol. The molecule has 2 amide bonds. The van der Waals surface area contributed by atoms with Gasteiger partial charge in [-0.3, -0.25) is 0 Å². The molecule has 0 spiro atoms. The molecule has 0 aromatic heterocycles. The molecule has 126 valence electrons. The summed E-state index contributed by atoms with van der Waals surface area (Å²) in [5, 5.41) is 15.2. The van der Waals surface area contributed by atoms with E-state index in [1.165, 1.54) is 36.0 Å². The molecule has 0 fully saturated rings. The van der Waals surface area contributed by atoms with Crippen LogP contribution in [0.1, 0.15) is 68.2 Å². The van der Waals surface area contributed by atoms with E-state index in [0.29, 0.717) is 18.9 Å².